The summed E-state index contributed by atoms with van der Waals surface area (Å²) in [5.74, 6) is -1.05. The number of likely N-dealkylation sites (tertiary alicyclic amines) is 1. The Morgan fingerprint density at radius 3 is 2.52 bits per heavy atom. The molecular formula is C20H17F2N3O2. The molecular weight excluding hydrogens is 352 g/mol. The zero-order chi connectivity index (χ0) is 19.0. The molecule has 0 bridgehead atoms. The third-order valence-corrected chi connectivity index (χ3v) is 4.80. The molecule has 3 aromatic rings. The summed E-state index contributed by atoms with van der Waals surface area (Å²) in [7, 11) is 0. The summed E-state index contributed by atoms with van der Waals surface area (Å²) in [6.07, 6.45) is 0. The minimum Gasteiger partial charge on any atom is -0.339 e. The lowest BCUT2D eigenvalue weighted by Crippen LogP contribution is -2.29. The largest absolute Gasteiger partial charge is 0.339 e. The highest BCUT2D eigenvalue weighted by Crippen LogP contribution is 2.33. The van der Waals surface area contributed by atoms with Crippen LogP contribution in [-0.4, -0.2) is 34.0 Å². The number of halogens is 2. The van der Waals surface area contributed by atoms with Crippen molar-refractivity contribution in [1.29, 1.82) is 0 Å². The molecule has 0 spiro atoms. The van der Waals surface area contributed by atoms with E-state index < -0.39 is 17.5 Å². The maximum absolute atomic E-state index is 13.4. The van der Waals surface area contributed by atoms with E-state index in [1.54, 1.807) is 4.90 Å². The van der Waals surface area contributed by atoms with E-state index in [0.717, 1.165) is 23.8 Å². The average molecular weight is 369 g/mol. The van der Waals surface area contributed by atoms with Crippen LogP contribution in [0.1, 0.15) is 29.1 Å². The van der Waals surface area contributed by atoms with Gasteiger partial charge in [0.25, 0.3) is 5.91 Å². The van der Waals surface area contributed by atoms with Crippen molar-refractivity contribution in [1.82, 2.24) is 15.0 Å². The van der Waals surface area contributed by atoms with Crippen molar-refractivity contribution in [2.45, 2.75) is 12.8 Å². The Bertz CT molecular complexity index is 954. The first kappa shape index (κ1) is 17.3. The highest BCUT2D eigenvalue weighted by molar-refractivity contribution is 5.94. The van der Waals surface area contributed by atoms with Gasteiger partial charge in [0.15, 0.2) is 0 Å². The molecule has 0 saturated carbocycles. The summed E-state index contributed by atoms with van der Waals surface area (Å²) in [6, 6.07) is 12.3. The molecule has 0 radical (unpaired) electrons. The fourth-order valence-electron chi connectivity index (χ4n) is 3.40. The van der Waals surface area contributed by atoms with Crippen LogP contribution in [0.3, 0.4) is 0 Å². The molecule has 1 aliphatic heterocycles. The number of nitrogens with zero attached hydrogens (tertiary/aromatic N) is 3. The van der Waals surface area contributed by atoms with Crippen LogP contribution in [0, 0.1) is 17.6 Å². The first-order valence-corrected chi connectivity index (χ1v) is 8.65. The first-order chi connectivity index (χ1) is 13.0. The van der Waals surface area contributed by atoms with Gasteiger partial charge in [-0.15, -0.1) is 0 Å². The Hall–Kier alpha value is -3.09. The number of benzene rings is 2. The smallest absolute Gasteiger partial charge is 0.254 e. The molecule has 0 aliphatic carbocycles. The van der Waals surface area contributed by atoms with Gasteiger partial charge in [0.1, 0.15) is 11.6 Å². The van der Waals surface area contributed by atoms with Crippen molar-refractivity contribution in [3.8, 4) is 11.4 Å². The topological polar surface area (TPSA) is 59.2 Å². The molecule has 2 atom stereocenters. The monoisotopic (exact) mass is 369 g/mol. The fourth-order valence-corrected chi connectivity index (χ4v) is 3.40. The van der Waals surface area contributed by atoms with Gasteiger partial charge in [-0.2, -0.15) is 4.98 Å². The van der Waals surface area contributed by atoms with Gasteiger partial charge in [0.2, 0.25) is 11.7 Å². The van der Waals surface area contributed by atoms with Gasteiger partial charge in [0, 0.05) is 30.3 Å². The lowest BCUT2D eigenvalue weighted by atomic mass is 9.98. The molecule has 7 heteroatoms. The van der Waals surface area contributed by atoms with Crippen LogP contribution in [0.25, 0.3) is 11.4 Å². The van der Waals surface area contributed by atoms with Gasteiger partial charge in [0.05, 0.1) is 5.92 Å². The lowest BCUT2D eigenvalue weighted by Gasteiger charge is -2.16. The molecule has 4 rings (SSSR count). The maximum Gasteiger partial charge on any atom is 0.254 e. The highest BCUT2D eigenvalue weighted by Gasteiger charge is 2.37. The number of aromatic nitrogens is 2. The number of hydrogen-bond donors (Lipinski definition) is 0. The Balaban J connectivity index is 1.53. The average Bonchev–Trinajstić information content (AvgIpc) is 3.27. The number of carbonyl (C=O) groups excluding carboxylic acids is 1. The zero-order valence-corrected chi connectivity index (χ0v) is 14.6. The summed E-state index contributed by atoms with van der Waals surface area (Å²) in [5.41, 5.74) is 0.845. The van der Waals surface area contributed by atoms with Crippen LogP contribution < -0.4 is 0 Å². The summed E-state index contributed by atoms with van der Waals surface area (Å²) in [5, 5.41) is 4.03. The van der Waals surface area contributed by atoms with E-state index in [-0.39, 0.29) is 17.4 Å². The maximum atomic E-state index is 13.4. The molecule has 27 heavy (non-hydrogen) atoms. The molecule has 2 unspecified atom stereocenters. The van der Waals surface area contributed by atoms with Crippen LogP contribution in [0.15, 0.2) is 53.1 Å². The van der Waals surface area contributed by atoms with Crippen LogP contribution >= 0.6 is 0 Å². The molecule has 0 N–H and O–H groups in total. The SMILES string of the molecule is CC1CN(C(=O)c2cc(F)cc(F)c2)CC1c1nc(-c2ccccc2)no1. The van der Waals surface area contributed by atoms with E-state index in [4.69, 9.17) is 4.52 Å². The van der Waals surface area contributed by atoms with Crippen molar-refractivity contribution in [2.24, 2.45) is 5.92 Å². The standard InChI is InChI=1S/C20H17F2N3O2/c1-12-10-25(20(26)14-7-15(21)9-16(22)8-14)11-17(12)19-23-18(24-27-19)13-5-3-2-4-6-13/h2-9,12,17H,10-11H2,1H3. The van der Waals surface area contributed by atoms with E-state index in [1.807, 2.05) is 37.3 Å². The van der Waals surface area contributed by atoms with E-state index >= 15 is 0 Å². The summed E-state index contributed by atoms with van der Waals surface area (Å²) < 4.78 is 32.3. The van der Waals surface area contributed by atoms with Crippen LogP contribution in [-0.2, 0) is 0 Å². The van der Waals surface area contributed by atoms with Gasteiger partial charge >= 0.3 is 0 Å². The third kappa shape index (κ3) is 3.45. The van der Waals surface area contributed by atoms with Crippen molar-refractivity contribution < 1.29 is 18.1 Å². The van der Waals surface area contributed by atoms with Crippen LogP contribution in [0.5, 0.6) is 0 Å². The van der Waals surface area contributed by atoms with Crippen molar-refractivity contribution >= 4 is 5.91 Å². The van der Waals surface area contributed by atoms with Gasteiger partial charge in [-0.25, -0.2) is 8.78 Å². The number of hydrogen-bond acceptors (Lipinski definition) is 4. The van der Waals surface area contributed by atoms with E-state index in [1.165, 1.54) is 0 Å². The Labute approximate surface area is 154 Å². The van der Waals surface area contributed by atoms with Gasteiger partial charge < -0.3 is 9.42 Å². The third-order valence-electron chi connectivity index (χ3n) is 4.80. The predicted octanol–water partition coefficient (Wildman–Crippen LogP) is 3.89. The number of carbonyl (C=O) groups is 1. The second kappa shape index (κ2) is 6.90. The molecule has 5 nitrogen and oxygen atoms in total. The van der Waals surface area contributed by atoms with Crippen molar-refractivity contribution in [3.63, 3.8) is 0 Å². The predicted molar refractivity (Wildman–Crippen MR) is 93.9 cm³/mol. The van der Waals surface area contributed by atoms with E-state index in [2.05, 4.69) is 10.1 Å². The number of amides is 1. The second-order valence-electron chi connectivity index (χ2n) is 6.77. The molecule has 1 saturated heterocycles. The molecule has 2 aromatic carbocycles. The van der Waals surface area contributed by atoms with Gasteiger partial charge in [-0.3, -0.25) is 4.79 Å². The van der Waals surface area contributed by atoms with Crippen molar-refractivity contribution in [3.05, 3.63) is 71.6 Å². The van der Waals surface area contributed by atoms with E-state index in [9.17, 15) is 13.6 Å². The summed E-state index contributed by atoms with van der Waals surface area (Å²) in [4.78, 5) is 18.7. The highest BCUT2D eigenvalue weighted by atomic mass is 19.1. The number of rotatable bonds is 3. The molecule has 1 amide bonds. The molecule has 138 valence electrons. The molecule has 1 fully saturated rings. The first-order valence-electron chi connectivity index (χ1n) is 8.65. The van der Waals surface area contributed by atoms with Gasteiger partial charge in [-0.1, -0.05) is 42.4 Å². The Morgan fingerprint density at radius 2 is 1.81 bits per heavy atom. The Kier molecular flexibility index (Phi) is 4.43. The normalized spacial score (nSPS) is 19.4. The van der Waals surface area contributed by atoms with Crippen molar-refractivity contribution in [2.75, 3.05) is 13.1 Å². The quantitative estimate of drug-likeness (QED) is 0.703. The van der Waals surface area contributed by atoms with Crippen LogP contribution in [0.2, 0.25) is 0 Å². The van der Waals surface area contributed by atoms with E-state index in [0.29, 0.717) is 24.8 Å². The minimum absolute atomic E-state index is 0.00384. The van der Waals surface area contributed by atoms with Crippen LogP contribution in [0.4, 0.5) is 8.78 Å². The molecule has 2 heterocycles. The molecule has 1 aromatic heterocycles. The summed E-state index contributed by atoms with van der Waals surface area (Å²) in [6.45, 7) is 2.79. The fraction of sp³-hybridized carbons (Fsp3) is 0.250. The zero-order valence-electron chi connectivity index (χ0n) is 14.6. The molecule has 1 aliphatic rings. The van der Waals surface area contributed by atoms with Gasteiger partial charge in [-0.05, 0) is 18.1 Å². The second-order valence-corrected chi connectivity index (χ2v) is 6.77. The Morgan fingerprint density at radius 1 is 1.11 bits per heavy atom. The summed E-state index contributed by atoms with van der Waals surface area (Å²) >= 11 is 0. The minimum atomic E-state index is -0.772. The lowest BCUT2D eigenvalue weighted by molar-refractivity contribution is 0.0785.